The van der Waals surface area contributed by atoms with Crippen LogP contribution in [0.25, 0.3) is 0 Å². The molecule has 0 aromatic carbocycles. The number of hydrogen-bond acceptors (Lipinski definition) is 2. The van der Waals surface area contributed by atoms with Gasteiger partial charge in [-0.15, -0.1) is 0 Å². The number of hydrogen-bond donors (Lipinski definition) is 1. The van der Waals surface area contributed by atoms with Crippen molar-refractivity contribution in [3.05, 3.63) is 18.0 Å². The minimum absolute atomic E-state index is 0.451. The van der Waals surface area contributed by atoms with Gasteiger partial charge in [-0.05, 0) is 19.5 Å². The summed E-state index contributed by atoms with van der Waals surface area (Å²) >= 11 is 0. The molecule has 1 aromatic heterocycles. The molecule has 116 valence electrons. The van der Waals surface area contributed by atoms with Gasteiger partial charge in [0.05, 0.1) is 5.69 Å². The summed E-state index contributed by atoms with van der Waals surface area (Å²) in [6.07, 6.45) is 15.6. The maximum atomic E-state index is 4.26. The minimum Gasteiger partial charge on any atom is -0.312 e. The zero-order chi connectivity index (χ0) is 14.6. The predicted octanol–water partition coefficient (Wildman–Crippen LogP) is 4.60. The van der Waals surface area contributed by atoms with E-state index in [9.17, 15) is 0 Å². The molecular weight excluding hydrogens is 246 g/mol. The van der Waals surface area contributed by atoms with Gasteiger partial charge in [0.15, 0.2) is 0 Å². The minimum atomic E-state index is 0.451. The summed E-state index contributed by atoms with van der Waals surface area (Å²) in [6, 6.07) is 2.57. The summed E-state index contributed by atoms with van der Waals surface area (Å²) < 4.78 is 1.98. The largest absolute Gasteiger partial charge is 0.312 e. The number of aromatic nitrogens is 2. The Balaban J connectivity index is 2.04. The van der Waals surface area contributed by atoms with Crippen LogP contribution in [0, 0.1) is 0 Å². The third-order valence-electron chi connectivity index (χ3n) is 4.16. The molecule has 0 aliphatic rings. The molecule has 20 heavy (non-hydrogen) atoms. The molecule has 1 N–H and O–H groups in total. The molecule has 1 rings (SSSR count). The number of aryl methyl sites for hydroxylation is 1. The fraction of sp³-hybridized carbons (Fsp3) is 0.824. The van der Waals surface area contributed by atoms with Crippen LogP contribution in [0.5, 0.6) is 0 Å². The molecule has 0 amide bonds. The Bertz CT molecular complexity index is 333. The molecule has 1 unspecified atom stereocenters. The molecule has 0 saturated heterocycles. The van der Waals surface area contributed by atoms with E-state index >= 15 is 0 Å². The lowest BCUT2D eigenvalue weighted by Crippen LogP contribution is -2.19. The van der Waals surface area contributed by atoms with E-state index in [1.807, 2.05) is 25.0 Å². The van der Waals surface area contributed by atoms with E-state index in [4.69, 9.17) is 0 Å². The zero-order valence-electron chi connectivity index (χ0n) is 13.7. The highest BCUT2D eigenvalue weighted by Gasteiger charge is 2.11. The van der Waals surface area contributed by atoms with E-state index in [2.05, 4.69) is 23.4 Å². The van der Waals surface area contributed by atoms with Gasteiger partial charge in [-0.25, -0.2) is 0 Å². The van der Waals surface area contributed by atoms with Crippen molar-refractivity contribution in [2.75, 3.05) is 7.05 Å². The SMILES string of the molecule is CCCCCCCCCCCC(NC)c1ccnn1C. The maximum absolute atomic E-state index is 4.26. The highest BCUT2D eigenvalue weighted by Crippen LogP contribution is 2.19. The normalized spacial score (nSPS) is 12.8. The van der Waals surface area contributed by atoms with E-state index in [1.165, 1.54) is 69.9 Å². The second kappa shape index (κ2) is 10.9. The Morgan fingerprint density at radius 3 is 2.15 bits per heavy atom. The molecule has 0 bridgehead atoms. The van der Waals surface area contributed by atoms with Crippen LogP contribution >= 0.6 is 0 Å². The zero-order valence-corrected chi connectivity index (χ0v) is 13.7. The first kappa shape index (κ1) is 17.2. The van der Waals surface area contributed by atoms with Crippen molar-refractivity contribution >= 4 is 0 Å². The molecule has 0 aliphatic heterocycles. The molecule has 0 radical (unpaired) electrons. The average Bonchev–Trinajstić information content (AvgIpc) is 2.87. The third-order valence-corrected chi connectivity index (χ3v) is 4.16. The van der Waals surface area contributed by atoms with Gasteiger partial charge in [-0.3, -0.25) is 4.68 Å². The molecule has 0 spiro atoms. The van der Waals surface area contributed by atoms with Crippen molar-refractivity contribution < 1.29 is 0 Å². The Kier molecular flexibility index (Phi) is 9.38. The number of unbranched alkanes of at least 4 members (excludes halogenated alkanes) is 8. The van der Waals surface area contributed by atoms with E-state index in [0.717, 1.165) is 0 Å². The van der Waals surface area contributed by atoms with Crippen molar-refractivity contribution in [1.82, 2.24) is 15.1 Å². The first-order chi connectivity index (χ1) is 9.79. The van der Waals surface area contributed by atoms with Gasteiger partial charge in [0.2, 0.25) is 0 Å². The lowest BCUT2D eigenvalue weighted by Gasteiger charge is -2.16. The maximum Gasteiger partial charge on any atom is 0.0550 e. The van der Waals surface area contributed by atoms with Gasteiger partial charge in [-0.1, -0.05) is 64.7 Å². The fourth-order valence-electron chi connectivity index (χ4n) is 2.83. The Labute approximate surface area is 125 Å². The van der Waals surface area contributed by atoms with Crippen molar-refractivity contribution in [3.63, 3.8) is 0 Å². The van der Waals surface area contributed by atoms with Crippen LogP contribution in [0.4, 0.5) is 0 Å². The van der Waals surface area contributed by atoms with E-state index in [-0.39, 0.29) is 0 Å². The molecule has 3 nitrogen and oxygen atoms in total. The number of nitrogens with one attached hydrogen (secondary N) is 1. The molecule has 0 saturated carbocycles. The second-order valence-corrected chi connectivity index (χ2v) is 5.84. The number of rotatable bonds is 12. The molecule has 1 atom stereocenters. The van der Waals surface area contributed by atoms with Gasteiger partial charge in [0.1, 0.15) is 0 Å². The van der Waals surface area contributed by atoms with Crippen molar-refractivity contribution in [2.45, 2.75) is 77.2 Å². The highest BCUT2D eigenvalue weighted by molar-refractivity contribution is 5.06. The lowest BCUT2D eigenvalue weighted by molar-refractivity contribution is 0.469. The third kappa shape index (κ3) is 6.56. The standard InChI is InChI=1S/C17H33N3/c1-4-5-6-7-8-9-10-11-12-13-16(18-2)17-14-15-19-20(17)3/h14-16,18H,4-13H2,1-3H3. The first-order valence-electron chi connectivity index (χ1n) is 8.44. The van der Waals surface area contributed by atoms with Crippen molar-refractivity contribution in [2.24, 2.45) is 7.05 Å². The summed E-state index contributed by atoms with van der Waals surface area (Å²) in [5, 5.41) is 7.67. The number of nitrogens with zero attached hydrogens (tertiary/aromatic N) is 2. The smallest absolute Gasteiger partial charge is 0.0550 e. The Hall–Kier alpha value is -0.830. The van der Waals surface area contributed by atoms with Crippen LogP contribution in [-0.2, 0) is 7.05 Å². The fourth-order valence-corrected chi connectivity index (χ4v) is 2.83. The lowest BCUT2D eigenvalue weighted by atomic mass is 10.0. The molecule has 0 fully saturated rings. The molecule has 3 heteroatoms. The van der Waals surface area contributed by atoms with Crippen LogP contribution in [0.3, 0.4) is 0 Å². The van der Waals surface area contributed by atoms with Gasteiger partial charge in [0.25, 0.3) is 0 Å². The van der Waals surface area contributed by atoms with Crippen LogP contribution < -0.4 is 5.32 Å². The van der Waals surface area contributed by atoms with Gasteiger partial charge in [0, 0.05) is 19.3 Å². The Morgan fingerprint density at radius 1 is 1.05 bits per heavy atom. The summed E-state index contributed by atoms with van der Waals surface area (Å²) in [5.74, 6) is 0. The topological polar surface area (TPSA) is 29.9 Å². The molecular formula is C17H33N3. The summed E-state index contributed by atoms with van der Waals surface area (Å²) in [4.78, 5) is 0. The van der Waals surface area contributed by atoms with Gasteiger partial charge in [-0.2, -0.15) is 5.10 Å². The van der Waals surface area contributed by atoms with Crippen LogP contribution in [0.15, 0.2) is 12.3 Å². The summed E-state index contributed by atoms with van der Waals surface area (Å²) in [5.41, 5.74) is 1.30. The monoisotopic (exact) mass is 279 g/mol. The summed E-state index contributed by atoms with van der Waals surface area (Å²) in [6.45, 7) is 2.28. The average molecular weight is 279 g/mol. The quantitative estimate of drug-likeness (QED) is 0.567. The van der Waals surface area contributed by atoms with E-state index in [0.29, 0.717) is 6.04 Å². The molecule has 1 aromatic rings. The van der Waals surface area contributed by atoms with Crippen molar-refractivity contribution in [3.8, 4) is 0 Å². The molecule has 0 aliphatic carbocycles. The summed E-state index contributed by atoms with van der Waals surface area (Å²) in [7, 11) is 4.07. The Morgan fingerprint density at radius 2 is 1.65 bits per heavy atom. The van der Waals surface area contributed by atoms with E-state index in [1.54, 1.807) is 0 Å². The second-order valence-electron chi connectivity index (χ2n) is 5.84. The molecule has 1 heterocycles. The van der Waals surface area contributed by atoms with Crippen LogP contribution in [0.1, 0.15) is 82.9 Å². The van der Waals surface area contributed by atoms with Gasteiger partial charge < -0.3 is 5.32 Å². The predicted molar refractivity (Wildman–Crippen MR) is 86.9 cm³/mol. The van der Waals surface area contributed by atoms with Gasteiger partial charge >= 0.3 is 0 Å². The van der Waals surface area contributed by atoms with Crippen LogP contribution in [-0.4, -0.2) is 16.8 Å². The first-order valence-corrected chi connectivity index (χ1v) is 8.44. The van der Waals surface area contributed by atoms with E-state index < -0.39 is 0 Å². The van der Waals surface area contributed by atoms with Crippen LogP contribution in [0.2, 0.25) is 0 Å². The van der Waals surface area contributed by atoms with Crippen molar-refractivity contribution in [1.29, 1.82) is 0 Å². The highest BCUT2D eigenvalue weighted by atomic mass is 15.3.